The molecule has 0 saturated carbocycles. The van der Waals surface area contributed by atoms with Gasteiger partial charge in [-0.15, -0.1) is 0 Å². The molecule has 0 amide bonds. The Labute approximate surface area is 141 Å². The van der Waals surface area contributed by atoms with Gasteiger partial charge in [-0.2, -0.15) is 0 Å². The van der Waals surface area contributed by atoms with Gasteiger partial charge in [-0.1, -0.05) is 48.5 Å². The van der Waals surface area contributed by atoms with E-state index in [4.69, 9.17) is 4.98 Å². The van der Waals surface area contributed by atoms with Gasteiger partial charge in [-0.05, 0) is 30.9 Å². The van der Waals surface area contributed by atoms with E-state index < -0.39 is 0 Å². The van der Waals surface area contributed by atoms with Gasteiger partial charge in [-0.25, -0.2) is 0 Å². The Morgan fingerprint density at radius 2 is 1.75 bits per heavy atom. The highest BCUT2D eigenvalue weighted by molar-refractivity contribution is 6.09. The maximum atomic E-state index is 12.5. The predicted octanol–water partition coefficient (Wildman–Crippen LogP) is 4.41. The zero-order chi connectivity index (χ0) is 16.4. The number of aryl methyl sites for hydroxylation is 1. The summed E-state index contributed by atoms with van der Waals surface area (Å²) in [4.78, 5) is 17.2. The first-order valence-corrected chi connectivity index (χ1v) is 8.55. The third-order valence-electron chi connectivity index (χ3n) is 4.62. The Morgan fingerprint density at radius 1 is 0.958 bits per heavy atom. The van der Waals surface area contributed by atoms with Crippen LogP contribution in [0.15, 0.2) is 54.6 Å². The van der Waals surface area contributed by atoms with Gasteiger partial charge < -0.3 is 5.32 Å². The summed E-state index contributed by atoms with van der Waals surface area (Å²) in [5, 5.41) is 4.58. The summed E-state index contributed by atoms with van der Waals surface area (Å²) < 4.78 is 0. The molecule has 0 radical (unpaired) electrons. The van der Waals surface area contributed by atoms with Crippen molar-refractivity contribution in [2.75, 3.05) is 11.9 Å². The molecule has 1 heterocycles. The average Bonchev–Trinajstić information content (AvgIpc) is 2.62. The lowest BCUT2D eigenvalue weighted by atomic mass is 9.91. The molecular formula is C21H20N2O. The summed E-state index contributed by atoms with van der Waals surface area (Å²) in [6.07, 6.45) is 3.35. The smallest absolute Gasteiger partial charge is 0.166 e. The van der Waals surface area contributed by atoms with Crippen LogP contribution in [0, 0.1) is 0 Å². The molecule has 4 rings (SSSR count). The molecule has 2 aromatic carbocycles. The van der Waals surface area contributed by atoms with E-state index in [-0.39, 0.29) is 5.78 Å². The molecule has 0 fully saturated rings. The number of hydrogen-bond donors (Lipinski definition) is 1. The average molecular weight is 316 g/mol. The summed E-state index contributed by atoms with van der Waals surface area (Å²) in [7, 11) is 0. The topological polar surface area (TPSA) is 42.0 Å². The molecule has 1 aromatic heterocycles. The van der Waals surface area contributed by atoms with Crippen molar-refractivity contribution in [3.05, 3.63) is 71.4 Å². The second kappa shape index (κ2) is 6.44. The van der Waals surface area contributed by atoms with E-state index in [1.54, 1.807) is 0 Å². The monoisotopic (exact) mass is 316 g/mol. The molecule has 0 unspecified atom stereocenters. The molecule has 1 N–H and O–H groups in total. The summed E-state index contributed by atoms with van der Waals surface area (Å²) in [5.74, 6) is 0.219. The molecule has 0 spiro atoms. The predicted molar refractivity (Wildman–Crippen MR) is 97.6 cm³/mol. The Morgan fingerprint density at radius 3 is 2.62 bits per heavy atom. The Bertz CT molecular complexity index is 887. The minimum absolute atomic E-state index is 0.219. The van der Waals surface area contributed by atoms with Gasteiger partial charge in [0.2, 0.25) is 0 Å². The van der Waals surface area contributed by atoms with Gasteiger partial charge in [0.15, 0.2) is 5.78 Å². The number of anilines is 1. The first kappa shape index (κ1) is 14.9. The third kappa shape index (κ3) is 2.78. The molecule has 0 aliphatic heterocycles. The number of nitrogens with zero attached hydrogens (tertiary/aromatic N) is 1. The van der Waals surface area contributed by atoms with Gasteiger partial charge in [0.05, 0.1) is 22.5 Å². The molecule has 1 aliphatic rings. The number of para-hydroxylation sites is 1. The lowest BCUT2D eigenvalue weighted by molar-refractivity contribution is 0.0972. The molecule has 0 atom stereocenters. The zero-order valence-electron chi connectivity index (χ0n) is 13.6. The Hall–Kier alpha value is -2.68. The number of Topliss-reactive ketones (excluding diaryl/α,β-unsaturated/α-hetero) is 1. The molecule has 0 bridgehead atoms. The number of aromatic nitrogens is 1. The van der Waals surface area contributed by atoms with Crippen LogP contribution in [0.25, 0.3) is 10.9 Å². The molecule has 1 aliphatic carbocycles. The van der Waals surface area contributed by atoms with E-state index in [9.17, 15) is 4.79 Å². The van der Waals surface area contributed by atoms with Crippen LogP contribution >= 0.6 is 0 Å². The lowest BCUT2D eigenvalue weighted by Gasteiger charge is -2.20. The number of ketones is 1. The fraction of sp³-hybridized carbons (Fsp3) is 0.238. The van der Waals surface area contributed by atoms with Gasteiger partial charge in [-0.3, -0.25) is 9.78 Å². The highest BCUT2D eigenvalue weighted by atomic mass is 16.1. The lowest BCUT2D eigenvalue weighted by Crippen LogP contribution is -2.17. The quantitative estimate of drug-likeness (QED) is 0.775. The molecule has 120 valence electrons. The van der Waals surface area contributed by atoms with Crippen LogP contribution in [-0.4, -0.2) is 17.3 Å². The van der Waals surface area contributed by atoms with Gasteiger partial charge in [0.1, 0.15) is 0 Å². The normalized spacial score (nSPS) is 13.8. The minimum Gasteiger partial charge on any atom is -0.384 e. The van der Waals surface area contributed by atoms with E-state index in [0.717, 1.165) is 53.7 Å². The van der Waals surface area contributed by atoms with Crippen molar-refractivity contribution in [3.63, 3.8) is 0 Å². The fourth-order valence-corrected chi connectivity index (χ4v) is 3.45. The largest absolute Gasteiger partial charge is 0.384 e. The molecule has 0 saturated heterocycles. The van der Waals surface area contributed by atoms with Gasteiger partial charge in [0, 0.05) is 18.4 Å². The number of fused-ring (bicyclic) bond motifs is 2. The van der Waals surface area contributed by atoms with Crippen LogP contribution in [0.3, 0.4) is 0 Å². The van der Waals surface area contributed by atoms with Crippen molar-refractivity contribution >= 4 is 22.4 Å². The second-order valence-electron chi connectivity index (χ2n) is 6.26. The maximum Gasteiger partial charge on any atom is 0.166 e. The first-order valence-electron chi connectivity index (χ1n) is 8.55. The van der Waals surface area contributed by atoms with Crippen molar-refractivity contribution in [2.45, 2.75) is 25.7 Å². The van der Waals surface area contributed by atoms with E-state index in [1.807, 2.05) is 24.3 Å². The van der Waals surface area contributed by atoms with Gasteiger partial charge >= 0.3 is 0 Å². The van der Waals surface area contributed by atoms with Crippen LogP contribution < -0.4 is 5.32 Å². The number of rotatable bonds is 4. The van der Waals surface area contributed by atoms with Gasteiger partial charge in [0.25, 0.3) is 0 Å². The van der Waals surface area contributed by atoms with E-state index in [1.165, 1.54) is 5.56 Å². The van der Waals surface area contributed by atoms with E-state index in [2.05, 4.69) is 35.6 Å². The number of nitrogens with one attached hydrogen (secondary N) is 1. The third-order valence-corrected chi connectivity index (χ3v) is 4.62. The highest BCUT2D eigenvalue weighted by Crippen LogP contribution is 2.33. The summed E-state index contributed by atoms with van der Waals surface area (Å²) in [6, 6.07) is 18.5. The molecular weight excluding hydrogens is 296 g/mol. The highest BCUT2D eigenvalue weighted by Gasteiger charge is 2.24. The second-order valence-corrected chi connectivity index (χ2v) is 6.26. The molecule has 3 aromatic rings. The maximum absolute atomic E-state index is 12.5. The van der Waals surface area contributed by atoms with E-state index in [0.29, 0.717) is 6.42 Å². The molecule has 3 nitrogen and oxygen atoms in total. The Kier molecular flexibility index (Phi) is 3.99. The number of carbonyl (C=O) groups is 1. The van der Waals surface area contributed by atoms with Crippen LogP contribution in [0.5, 0.6) is 0 Å². The number of carbonyl (C=O) groups excluding carboxylic acids is 1. The minimum atomic E-state index is 0.219. The summed E-state index contributed by atoms with van der Waals surface area (Å²) >= 11 is 0. The summed E-state index contributed by atoms with van der Waals surface area (Å²) in [5.41, 5.74) is 4.99. The zero-order valence-corrected chi connectivity index (χ0v) is 13.6. The molecule has 24 heavy (non-hydrogen) atoms. The SMILES string of the molecule is O=C1CCCc2nc3ccccc3c(NCCc3ccccc3)c21. The van der Waals surface area contributed by atoms with Crippen molar-refractivity contribution in [3.8, 4) is 0 Å². The standard InChI is InChI=1S/C21H20N2O/c24-19-12-6-11-18-20(19)21(16-9-4-5-10-17(16)23-18)22-14-13-15-7-2-1-3-8-15/h1-5,7-10H,6,11-14H2,(H,22,23). The Balaban J connectivity index is 1.70. The van der Waals surface area contributed by atoms with E-state index >= 15 is 0 Å². The van der Waals surface area contributed by atoms with Crippen molar-refractivity contribution in [1.82, 2.24) is 4.98 Å². The van der Waals surface area contributed by atoms with Crippen LogP contribution in [-0.2, 0) is 12.8 Å². The van der Waals surface area contributed by atoms with Crippen molar-refractivity contribution < 1.29 is 4.79 Å². The first-order chi connectivity index (χ1) is 11.8. The summed E-state index contributed by atoms with van der Waals surface area (Å²) in [6.45, 7) is 0.803. The fourth-order valence-electron chi connectivity index (χ4n) is 3.45. The van der Waals surface area contributed by atoms with Crippen molar-refractivity contribution in [1.29, 1.82) is 0 Å². The number of pyridine rings is 1. The van der Waals surface area contributed by atoms with Crippen LogP contribution in [0.4, 0.5) is 5.69 Å². The molecule has 3 heteroatoms. The number of hydrogen-bond acceptors (Lipinski definition) is 3. The van der Waals surface area contributed by atoms with Crippen LogP contribution in [0.1, 0.15) is 34.5 Å². The van der Waals surface area contributed by atoms with Crippen molar-refractivity contribution in [2.24, 2.45) is 0 Å². The van der Waals surface area contributed by atoms with Crippen LogP contribution in [0.2, 0.25) is 0 Å². The number of benzene rings is 2.